The van der Waals surface area contributed by atoms with Gasteiger partial charge < -0.3 is 4.42 Å². The zero-order valence-corrected chi connectivity index (χ0v) is 13.1. The number of pyridine rings is 1. The van der Waals surface area contributed by atoms with E-state index in [0.29, 0.717) is 5.82 Å². The third kappa shape index (κ3) is 3.00. The molecule has 4 heterocycles. The maximum Gasteiger partial charge on any atom is 0.195 e. The molecule has 0 saturated carbocycles. The van der Waals surface area contributed by atoms with Gasteiger partial charge in [-0.1, -0.05) is 6.07 Å². The molecule has 1 aliphatic rings. The molecule has 0 aromatic carbocycles. The molecule has 0 aliphatic carbocycles. The third-order valence-electron chi connectivity index (χ3n) is 4.09. The van der Waals surface area contributed by atoms with E-state index in [1.54, 1.807) is 6.26 Å². The summed E-state index contributed by atoms with van der Waals surface area (Å²) < 4.78 is 5.38. The van der Waals surface area contributed by atoms with Crippen molar-refractivity contribution in [2.75, 3.05) is 6.54 Å². The van der Waals surface area contributed by atoms with E-state index in [1.165, 1.54) is 16.7 Å². The molecule has 0 N–H and O–H groups in total. The van der Waals surface area contributed by atoms with Crippen molar-refractivity contribution in [1.29, 1.82) is 0 Å². The molecule has 4 rings (SSSR count). The zero-order chi connectivity index (χ0) is 15.6. The van der Waals surface area contributed by atoms with Crippen LogP contribution in [-0.4, -0.2) is 26.4 Å². The predicted molar refractivity (Wildman–Crippen MR) is 86.5 cm³/mol. The van der Waals surface area contributed by atoms with Gasteiger partial charge in [0, 0.05) is 50.2 Å². The summed E-state index contributed by atoms with van der Waals surface area (Å²) in [7, 11) is 0. The SMILES string of the molecule is Cc1cncc(CN2CCc3nc(-c4ccco4)ncc3C2)c1. The van der Waals surface area contributed by atoms with Crippen molar-refractivity contribution in [3.05, 3.63) is 65.4 Å². The number of aromatic nitrogens is 3. The van der Waals surface area contributed by atoms with E-state index in [1.807, 2.05) is 30.7 Å². The highest BCUT2D eigenvalue weighted by Crippen LogP contribution is 2.22. The van der Waals surface area contributed by atoms with Crippen LogP contribution in [0.2, 0.25) is 0 Å². The molecule has 0 fully saturated rings. The van der Waals surface area contributed by atoms with Gasteiger partial charge >= 0.3 is 0 Å². The Balaban J connectivity index is 1.51. The van der Waals surface area contributed by atoms with Gasteiger partial charge in [-0.25, -0.2) is 9.97 Å². The lowest BCUT2D eigenvalue weighted by molar-refractivity contribution is 0.242. The van der Waals surface area contributed by atoms with Crippen LogP contribution in [0.25, 0.3) is 11.6 Å². The molecule has 3 aromatic heterocycles. The Bertz CT molecular complexity index is 814. The first-order valence-electron chi connectivity index (χ1n) is 7.79. The fraction of sp³-hybridized carbons (Fsp3) is 0.278. The fourth-order valence-electron chi connectivity index (χ4n) is 3.00. The first kappa shape index (κ1) is 14.1. The van der Waals surface area contributed by atoms with Crippen molar-refractivity contribution in [3.63, 3.8) is 0 Å². The number of fused-ring (bicyclic) bond motifs is 1. The van der Waals surface area contributed by atoms with Gasteiger partial charge in [0.1, 0.15) is 0 Å². The summed E-state index contributed by atoms with van der Waals surface area (Å²) in [4.78, 5) is 15.8. The normalized spacial score (nSPS) is 14.7. The molecule has 0 atom stereocenters. The van der Waals surface area contributed by atoms with Crippen molar-refractivity contribution >= 4 is 0 Å². The molecule has 116 valence electrons. The lowest BCUT2D eigenvalue weighted by Crippen LogP contribution is -2.31. The average Bonchev–Trinajstić information content (AvgIpc) is 3.09. The number of hydrogen-bond acceptors (Lipinski definition) is 5. The van der Waals surface area contributed by atoms with Gasteiger partial charge in [0.2, 0.25) is 0 Å². The molecular weight excluding hydrogens is 288 g/mol. The van der Waals surface area contributed by atoms with Gasteiger partial charge in [0.15, 0.2) is 11.6 Å². The minimum atomic E-state index is 0.671. The van der Waals surface area contributed by atoms with E-state index in [0.717, 1.165) is 37.5 Å². The van der Waals surface area contributed by atoms with Crippen LogP contribution in [0.1, 0.15) is 22.4 Å². The standard InChI is InChI=1S/C18H18N4O/c1-13-7-14(9-19-8-13)11-22-5-4-16-15(12-22)10-20-18(21-16)17-3-2-6-23-17/h2-3,6-10H,4-5,11-12H2,1H3. The van der Waals surface area contributed by atoms with Crippen LogP contribution >= 0.6 is 0 Å². The molecule has 3 aromatic rings. The highest BCUT2D eigenvalue weighted by Gasteiger charge is 2.19. The van der Waals surface area contributed by atoms with Gasteiger partial charge in [0.25, 0.3) is 0 Å². The predicted octanol–water partition coefficient (Wildman–Crippen LogP) is 3.00. The van der Waals surface area contributed by atoms with E-state index in [2.05, 4.69) is 32.8 Å². The van der Waals surface area contributed by atoms with Crippen LogP contribution in [0.5, 0.6) is 0 Å². The second kappa shape index (κ2) is 5.93. The van der Waals surface area contributed by atoms with Gasteiger partial charge in [-0.2, -0.15) is 0 Å². The molecule has 0 radical (unpaired) electrons. The van der Waals surface area contributed by atoms with Gasteiger partial charge in [0.05, 0.1) is 12.0 Å². The van der Waals surface area contributed by atoms with Crippen LogP contribution in [-0.2, 0) is 19.5 Å². The Hall–Kier alpha value is -2.53. The lowest BCUT2D eigenvalue weighted by Gasteiger charge is -2.27. The van der Waals surface area contributed by atoms with Crippen LogP contribution in [0.4, 0.5) is 0 Å². The van der Waals surface area contributed by atoms with Gasteiger partial charge in [-0.15, -0.1) is 0 Å². The molecule has 0 amide bonds. The van der Waals surface area contributed by atoms with Gasteiger partial charge in [-0.3, -0.25) is 9.88 Å². The summed E-state index contributed by atoms with van der Waals surface area (Å²) in [6, 6.07) is 5.94. The van der Waals surface area contributed by atoms with E-state index in [-0.39, 0.29) is 0 Å². The van der Waals surface area contributed by atoms with Crippen molar-refractivity contribution in [2.45, 2.75) is 26.4 Å². The maximum absolute atomic E-state index is 5.38. The van der Waals surface area contributed by atoms with E-state index in [9.17, 15) is 0 Å². The molecule has 1 aliphatic heterocycles. The molecular formula is C18H18N4O. The molecule has 5 heteroatoms. The highest BCUT2D eigenvalue weighted by molar-refractivity contribution is 5.46. The van der Waals surface area contributed by atoms with Crippen LogP contribution in [0.15, 0.2) is 47.5 Å². The maximum atomic E-state index is 5.38. The quantitative estimate of drug-likeness (QED) is 0.744. The van der Waals surface area contributed by atoms with E-state index < -0.39 is 0 Å². The Kier molecular flexibility index (Phi) is 3.63. The fourth-order valence-corrected chi connectivity index (χ4v) is 3.00. The Morgan fingerprint density at radius 3 is 3.04 bits per heavy atom. The largest absolute Gasteiger partial charge is 0.461 e. The minimum Gasteiger partial charge on any atom is -0.461 e. The molecule has 0 unspecified atom stereocenters. The Morgan fingerprint density at radius 2 is 2.22 bits per heavy atom. The number of nitrogens with zero attached hydrogens (tertiary/aromatic N) is 4. The first-order valence-corrected chi connectivity index (χ1v) is 7.79. The van der Waals surface area contributed by atoms with E-state index >= 15 is 0 Å². The number of hydrogen-bond donors (Lipinski definition) is 0. The van der Waals surface area contributed by atoms with Crippen molar-refractivity contribution in [1.82, 2.24) is 19.9 Å². The topological polar surface area (TPSA) is 55.1 Å². The van der Waals surface area contributed by atoms with Crippen LogP contribution < -0.4 is 0 Å². The second-order valence-corrected chi connectivity index (χ2v) is 5.97. The Morgan fingerprint density at radius 1 is 1.26 bits per heavy atom. The van der Waals surface area contributed by atoms with Crippen LogP contribution in [0, 0.1) is 6.92 Å². The monoisotopic (exact) mass is 306 g/mol. The molecule has 0 spiro atoms. The van der Waals surface area contributed by atoms with Gasteiger partial charge in [-0.05, 0) is 30.2 Å². The summed E-state index contributed by atoms with van der Waals surface area (Å²) in [5, 5.41) is 0. The number of furan rings is 1. The molecule has 0 bridgehead atoms. The third-order valence-corrected chi connectivity index (χ3v) is 4.09. The summed E-state index contributed by atoms with van der Waals surface area (Å²) in [6.45, 7) is 4.86. The van der Waals surface area contributed by atoms with Crippen molar-refractivity contribution in [2.24, 2.45) is 0 Å². The molecule has 23 heavy (non-hydrogen) atoms. The first-order chi connectivity index (χ1) is 11.3. The van der Waals surface area contributed by atoms with Crippen LogP contribution in [0.3, 0.4) is 0 Å². The molecule has 5 nitrogen and oxygen atoms in total. The number of rotatable bonds is 3. The lowest BCUT2D eigenvalue weighted by atomic mass is 10.1. The highest BCUT2D eigenvalue weighted by atomic mass is 16.3. The van der Waals surface area contributed by atoms with Crippen molar-refractivity contribution in [3.8, 4) is 11.6 Å². The van der Waals surface area contributed by atoms with Crippen molar-refractivity contribution < 1.29 is 4.42 Å². The molecule has 0 saturated heterocycles. The van der Waals surface area contributed by atoms with E-state index in [4.69, 9.17) is 4.42 Å². The Labute approximate surface area is 135 Å². The summed E-state index contributed by atoms with van der Waals surface area (Å²) in [5.41, 5.74) is 4.78. The average molecular weight is 306 g/mol. The zero-order valence-electron chi connectivity index (χ0n) is 13.1. The summed E-state index contributed by atoms with van der Waals surface area (Å²) >= 11 is 0. The smallest absolute Gasteiger partial charge is 0.195 e. The summed E-state index contributed by atoms with van der Waals surface area (Å²) in [5.74, 6) is 1.39. The number of aryl methyl sites for hydroxylation is 1. The summed E-state index contributed by atoms with van der Waals surface area (Å²) in [6.07, 6.45) is 8.35. The second-order valence-electron chi connectivity index (χ2n) is 5.97. The minimum absolute atomic E-state index is 0.671.